The Hall–Kier alpha value is -3.18. The zero-order valence-electron chi connectivity index (χ0n) is 21.0. The van der Waals surface area contributed by atoms with Gasteiger partial charge in [-0.15, -0.1) is 10.2 Å². The van der Waals surface area contributed by atoms with Crippen LogP contribution in [-0.4, -0.2) is 40.4 Å². The summed E-state index contributed by atoms with van der Waals surface area (Å²) in [4.78, 5) is 32.4. The summed E-state index contributed by atoms with van der Waals surface area (Å²) >= 11 is 4.85. The maximum atomic E-state index is 13.7. The van der Waals surface area contributed by atoms with Crippen molar-refractivity contribution in [2.24, 2.45) is 0 Å². The highest BCUT2D eigenvalue weighted by atomic mass is 79.9. The van der Waals surface area contributed by atoms with Crippen LogP contribution in [0.2, 0.25) is 0 Å². The molecule has 1 amide bonds. The van der Waals surface area contributed by atoms with Crippen LogP contribution in [0.3, 0.4) is 0 Å². The summed E-state index contributed by atoms with van der Waals surface area (Å²) in [5.74, 6) is 0.128. The molecule has 2 aromatic carbocycles. The number of hydrogen-bond acceptors (Lipinski definition) is 9. The highest BCUT2D eigenvalue weighted by Gasteiger charge is 2.38. The van der Waals surface area contributed by atoms with E-state index in [0.29, 0.717) is 50.7 Å². The number of fused-ring (bicyclic) bond motifs is 3. The Morgan fingerprint density at radius 3 is 2.59 bits per heavy atom. The Morgan fingerprint density at radius 1 is 1.14 bits per heavy atom. The van der Waals surface area contributed by atoms with Crippen LogP contribution in [0.25, 0.3) is 11.3 Å². The molecule has 3 aromatic rings. The van der Waals surface area contributed by atoms with E-state index in [4.69, 9.17) is 14.2 Å². The first-order valence-electron chi connectivity index (χ1n) is 11.9. The van der Waals surface area contributed by atoms with Crippen molar-refractivity contribution in [3.8, 4) is 28.6 Å². The van der Waals surface area contributed by atoms with Crippen LogP contribution in [-0.2, 0) is 9.59 Å². The molecule has 0 fully saturated rings. The van der Waals surface area contributed by atoms with Crippen LogP contribution < -0.4 is 19.1 Å². The van der Waals surface area contributed by atoms with E-state index in [0.717, 1.165) is 0 Å². The van der Waals surface area contributed by atoms with Gasteiger partial charge in [0.15, 0.2) is 17.2 Å². The van der Waals surface area contributed by atoms with E-state index < -0.39 is 12.2 Å². The van der Waals surface area contributed by atoms with E-state index in [9.17, 15) is 9.59 Å². The molecule has 0 saturated heterocycles. The molecule has 9 nitrogen and oxygen atoms in total. The molecule has 0 spiro atoms. The van der Waals surface area contributed by atoms with Gasteiger partial charge in [-0.25, -0.2) is 0 Å². The number of esters is 1. The molecule has 11 heteroatoms. The van der Waals surface area contributed by atoms with Crippen molar-refractivity contribution < 1.29 is 23.8 Å². The Bertz CT molecular complexity index is 1320. The van der Waals surface area contributed by atoms with E-state index >= 15 is 0 Å². The second-order valence-electron chi connectivity index (χ2n) is 8.20. The molecular formula is C26H27BrN4O5S. The molecule has 0 unspecified atom stereocenters. The van der Waals surface area contributed by atoms with Gasteiger partial charge in [-0.2, -0.15) is 4.98 Å². The number of halogens is 1. The van der Waals surface area contributed by atoms with Gasteiger partial charge in [-0.05, 0) is 37.3 Å². The Kier molecular flexibility index (Phi) is 8.65. The number of para-hydroxylation sites is 1. The van der Waals surface area contributed by atoms with Gasteiger partial charge in [-0.1, -0.05) is 59.7 Å². The number of amides is 1. The van der Waals surface area contributed by atoms with Gasteiger partial charge >= 0.3 is 5.97 Å². The van der Waals surface area contributed by atoms with E-state index in [1.54, 1.807) is 17.0 Å². The lowest BCUT2D eigenvalue weighted by Gasteiger charge is -2.32. The fourth-order valence-corrected chi connectivity index (χ4v) is 4.76. The summed E-state index contributed by atoms with van der Waals surface area (Å²) < 4.78 is 18.5. The number of carbonyl (C=O) groups excluding carboxylic acids is 2. The molecule has 0 N–H and O–H groups in total. The minimum absolute atomic E-state index is 0.171. The Morgan fingerprint density at radius 2 is 1.89 bits per heavy atom. The van der Waals surface area contributed by atoms with E-state index in [2.05, 4.69) is 31.1 Å². The fraction of sp³-hybridized carbons (Fsp3) is 0.346. The average molecular weight is 587 g/mol. The van der Waals surface area contributed by atoms with E-state index in [-0.39, 0.29) is 30.4 Å². The van der Waals surface area contributed by atoms with Crippen molar-refractivity contribution in [2.75, 3.05) is 18.3 Å². The number of hydrogen-bond donors (Lipinski definition) is 0. The summed E-state index contributed by atoms with van der Waals surface area (Å²) in [7, 11) is 1.49. The van der Waals surface area contributed by atoms with Gasteiger partial charge in [0.1, 0.15) is 0 Å². The van der Waals surface area contributed by atoms with Crippen molar-refractivity contribution in [3.63, 3.8) is 0 Å². The predicted octanol–water partition coefficient (Wildman–Crippen LogP) is 5.96. The smallest absolute Gasteiger partial charge is 0.311 e. The van der Waals surface area contributed by atoms with Crippen molar-refractivity contribution >= 4 is 45.3 Å². The quantitative estimate of drug-likeness (QED) is 0.179. The lowest BCUT2D eigenvalue weighted by molar-refractivity contribution is -0.134. The van der Waals surface area contributed by atoms with Gasteiger partial charge in [0.2, 0.25) is 23.2 Å². The first-order chi connectivity index (χ1) is 17.9. The minimum atomic E-state index is -1.04. The van der Waals surface area contributed by atoms with Crippen LogP contribution in [0.1, 0.15) is 51.3 Å². The van der Waals surface area contributed by atoms with Crippen LogP contribution in [0.15, 0.2) is 46.0 Å². The largest absolute Gasteiger partial charge is 0.493 e. The lowest BCUT2D eigenvalue weighted by Crippen LogP contribution is -2.38. The number of carbonyl (C=O) groups is 2. The zero-order valence-corrected chi connectivity index (χ0v) is 23.4. The van der Waals surface area contributed by atoms with Crippen LogP contribution in [0.5, 0.6) is 17.4 Å². The van der Waals surface area contributed by atoms with Crippen LogP contribution >= 0.6 is 27.7 Å². The normalized spacial score (nSPS) is 14.2. The van der Waals surface area contributed by atoms with Crippen molar-refractivity contribution in [1.82, 2.24) is 15.2 Å². The van der Waals surface area contributed by atoms with Gasteiger partial charge in [0, 0.05) is 22.9 Å². The molecule has 1 atom stereocenters. The van der Waals surface area contributed by atoms with Gasteiger partial charge in [-0.3, -0.25) is 14.5 Å². The van der Waals surface area contributed by atoms with Crippen molar-refractivity contribution in [3.05, 3.63) is 46.4 Å². The maximum absolute atomic E-state index is 13.7. The summed E-state index contributed by atoms with van der Waals surface area (Å²) in [6.07, 6.45) is 2.55. The molecule has 0 bridgehead atoms. The summed E-state index contributed by atoms with van der Waals surface area (Å²) in [5.41, 5.74) is 2.08. The topological polar surface area (TPSA) is 104 Å². The number of thioether (sulfide) groups is 1. The fourth-order valence-electron chi connectivity index (χ4n) is 4.01. The maximum Gasteiger partial charge on any atom is 0.311 e. The number of rotatable bonds is 8. The number of methoxy groups -OCH3 is 1. The first kappa shape index (κ1) is 26.9. The summed E-state index contributed by atoms with van der Waals surface area (Å²) in [6.45, 7) is 3.83. The molecule has 0 radical (unpaired) electrons. The van der Waals surface area contributed by atoms with Gasteiger partial charge in [0.25, 0.3) is 0 Å². The van der Waals surface area contributed by atoms with Crippen molar-refractivity contribution in [2.45, 2.75) is 50.9 Å². The third kappa shape index (κ3) is 5.57. The minimum Gasteiger partial charge on any atom is -0.493 e. The molecule has 2 heterocycles. The molecule has 4 rings (SSSR count). The molecule has 0 saturated carbocycles. The number of aromatic nitrogens is 3. The number of ether oxygens (including phenoxy) is 3. The molecule has 1 aromatic heterocycles. The predicted molar refractivity (Wildman–Crippen MR) is 144 cm³/mol. The molecular weight excluding hydrogens is 560 g/mol. The second-order valence-corrected chi connectivity index (χ2v) is 9.89. The van der Waals surface area contributed by atoms with Crippen LogP contribution in [0.4, 0.5) is 5.69 Å². The highest BCUT2D eigenvalue weighted by molar-refractivity contribution is 9.10. The molecule has 1 aliphatic rings. The SMILES string of the molecule is CCCC(=O)Oc1c(OC)cc(Br)cc1[C@H]1Oc2nc(SC)nnc2-c2ccccc2N1C(=O)CCC. The molecule has 37 heavy (non-hydrogen) atoms. The first-order valence-corrected chi connectivity index (χ1v) is 13.9. The third-order valence-corrected chi connectivity index (χ3v) is 6.63. The third-order valence-electron chi connectivity index (χ3n) is 5.63. The van der Waals surface area contributed by atoms with Crippen molar-refractivity contribution in [1.29, 1.82) is 0 Å². The monoisotopic (exact) mass is 586 g/mol. The number of benzene rings is 2. The van der Waals surface area contributed by atoms with E-state index in [1.807, 2.05) is 44.4 Å². The Labute approximate surface area is 228 Å². The van der Waals surface area contributed by atoms with Crippen LogP contribution in [0, 0.1) is 0 Å². The Balaban J connectivity index is 2.00. The van der Waals surface area contributed by atoms with Gasteiger partial charge < -0.3 is 14.2 Å². The summed E-state index contributed by atoms with van der Waals surface area (Å²) in [5, 5.41) is 9.01. The standard InChI is InChI=1S/C26H27BrN4O5S/c1-5-9-20(32)31-18-12-8-7-11-16(18)22-24(28-26(37-4)30-29-22)36-25(31)17-13-15(27)14-19(34-3)23(17)35-21(33)10-6-2/h7-8,11-14,25H,5-6,9-10H2,1-4H3/t25-/m1/s1. The van der Waals surface area contributed by atoms with Gasteiger partial charge in [0.05, 0.1) is 18.4 Å². The lowest BCUT2D eigenvalue weighted by atomic mass is 10.1. The second kappa shape index (κ2) is 11.9. The van der Waals surface area contributed by atoms with E-state index in [1.165, 1.54) is 18.9 Å². The highest BCUT2D eigenvalue weighted by Crippen LogP contribution is 2.47. The molecule has 1 aliphatic heterocycles. The average Bonchev–Trinajstić information content (AvgIpc) is 3.03. The zero-order chi connectivity index (χ0) is 26.5. The molecule has 0 aliphatic carbocycles. The summed E-state index contributed by atoms with van der Waals surface area (Å²) in [6, 6.07) is 10.8. The molecule has 194 valence electrons. The number of nitrogens with zero attached hydrogens (tertiary/aromatic N) is 4. The number of anilines is 1.